The van der Waals surface area contributed by atoms with Gasteiger partial charge in [-0.2, -0.15) is 4.89 Å². The summed E-state index contributed by atoms with van der Waals surface area (Å²) in [5.41, 5.74) is 0.895. The van der Waals surface area contributed by atoms with E-state index in [0.717, 1.165) is 11.1 Å². The second-order valence-corrected chi connectivity index (χ2v) is 6.66. The van der Waals surface area contributed by atoms with Gasteiger partial charge in [0, 0.05) is 17.1 Å². The molecule has 4 atom stereocenters. The molecule has 0 radical (unpaired) electrons. The molecule has 5 nitrogen and oxygen atoms in total. The van der Waals surface area contributed by atoms with E-state index in [4.69, 9.17) is 14.5 Å². The van der Waals surface area contributed by atoms with E-state index in [1.807, 2.05) is 19.9 Å². The fourth-order valence-electron chi connectivity index (χ4n) is 4.22. The van der Waals surface area contributed by atoms with E-state index in [1.165, 1.54) is 0 Å². The Morgan fingerprint density at radius 2 is 2.05 bits per heavy atom. The van der Waals surface area contributed by atoms with Gasteiger partial charge in [0.15, 0.2) is 0 Å². The van der Waals surface area contributed by atoms with Gasteiger partial charge in [0.25, 0.3) is 5.79 Å². The van der Waals surface area contributed by atoms with Gasteiger partial charge >= 0.3 is 5.97 Å². The van der Waals surface area contributed by atoms with Gasteiger partial charge in [-0.25, -0.2) is 9.68 Å². The van der Waals surface area contributed by atoms with Gasteiger partial charge in [-0.1, -0.05) is 0 Å². The van der Waals surface area contributed by atoms with Crippen LogP contribution in [0.5, 0.6) is 0 Å². The average molecular weight is 278 g/mol. The molecule has 5 heteroatoms. The monoisotopic (exact) mass is 278 g/mol. The lowest BCUT2D eigenvalue weighted by Crippen LogP contribution is -2.47. The SMILES string of the molecule is CC1=C[C@]23OO[C@]14CC[C@@](C)(O)[C@@H]4CC2=C(C)C(=O)O3. The summed E-state index contributed by atoms with van der Waals surface area (Å²) in [6, 6.07) is 0. The Labute approximate surface area is 117 Å². The Bertz CT molecular complexity index is 587. The Hall–Kier alpha value is -1.17. The van der Waals surface area contributed by atoms with Gasteiger partial charge in [0.2, 0.25) is 0 Å². The first kappa shape index (κ1) is 12.6. The number of hydrogen-bond donors (Lipinski definition) is 1. The predicted molar refractivity (Wildman–Crippen MR) is 68.1 cm³/mol. The van der Waals surface area contributed by atoms with E-state index in [0.29, 0.717) is 24.8 Å². The first-order valence-electron chi connectivity index (χ1n) is 7.03. The molecule has 0 amide bonds. The number of ether oxygens (including phenoxy) is 1. The molecular weight excluding hydrogens is 260 g/mol. The number of hydrogen-bond acceptors (Lipinski definition) is 5. The fourth-order valence-corrected chi connectivity index (χ4v) is 4.22. The predicted octanol–water partition coefficient (Wildman–Crippen LogP) is 1.77. The number of carbonyl (C=O) groups excluding carboxylic acids is 1. The van der Waals surface area contributed by atoms with E-state index in [9.17, 15) is 9.90 Å². The molecular formula is C15H18O5. The summed E-state index contributed by atoms with van der Waals surface area (Å²) in [6.45, 7) is 5.54. The molecule has 3 aliphatic heterocycles. The van der Waals surface area contributed by atoms with Crippen molar-refractivity contribution in [2.75, 3.05) is 0 Å². The van der Waals surface area contributed by atoms with Crippen LogP contribution in [0, 0.1) is 5.92 Å². The summed E-state index contributed by atoms with van der Waals surface area (Å²) in [4.78, 5) is 23.1. The molecule has 0 aromatic carbocycles. The number of carbonyl (C=O) groups is 1. The van der Waals surface area contributed by atoms with E-state index >= 15 is 0 Å². The van der Waals surface area contributed by atoms with Gasteiger partial charge in [-0.15, -0.1) is 0 Å². The smallest absolute Gasteiger partial charge is 0.337 e. The van der Waals surface area contributed by atoms with Crippen molar-refractivity contribution in [2.24, 2.45) is 5.92 Å². The van der Waals surface area contributed by atoms with Crippen molar-refractivity contribution in [3.05, 3.63) is 22.8 Å². The normalized spacial score (nSPS) is 49.7. The Morgan fingerprint density at radius 1 is 1.30 bits per heavy atom. The first-order valence-corrected chi connectivity index (χ1v) is 7.03. The summed E-state index contributed by atoms with van der Waals surface area (Å²) in [5.74, 6) is -1.72. The summed E-state index contributed by atoms with van der Waals surface area (Å²) in [7, 11) is 0. The fraction of sp³-hybridized carbons (Fsp3) is 0.667. The van der Waals surface area contributed by atoms with Crippen LogP contribution in [0.4, 0.5) is 0 Å². The van der Waals surface area contributed by atoms with Gasteiger partial charge in [-0.3, -0.25) is 0 Å². The minimum Gasteiger partial charge on any atom is -0.419 e. The van der Waals surface area contributed by atoms with Crippen LogP contribution >= 0.6 is 0 Å². The zero-order valence-electron chi connectivity index (χ0n) is 11.9. The Balaban J connectivity index is 1.96. The van der Waals surface area contributed by atoms with Crippen LogP contribution in [0.3, 0.4) is 0 Å². The zero-order chi connectivity index (χ0) is 14.3. The van der Waals surface area contributed by atoms with Gasteiger partial charge in [-0.05, 0) is 51.7 Å². The first-order chi connectivity index (χ1) is 9.31. The van der Waals surface area contributed by atoms with Gasteiger partial charge < -0.3 is 9.84 Å². The van der Waals surface area contributed by atoms with Crippen molar-refractivity contribution in [3.8, 4) is 0 Å². The third kappa shape index (κ3) is 1.22. The molecule has 0 aromatic rings. The second-order valence-electron chi connectivity index (χ2n) is 6.66. The third-order valence-electron chi connectivity index (χ3n) is 5.54. The molecule has 108 valence electrons. The Morgan fingerprint density at radius 3 is 2.75 bits per heavy atom. The molecule has 2 spiro atoms. The number of rotatable bonds is 0. The molecule has 0 unspecified atom stereocenters. The number of fused-ring (bicyclic) bond motifs is 1. The van der Waals surface area contributed by atoms with Crippen molar-refractivity contribution < 1.29 is 24.4 Å². The van der Waals surface area contributed by atoms with Gasteiger partial charge in [0.05, 0.1) is 5.60 Å². The molecule has 2 fully saturated rings. The molecule has 2 bridgehead atoms. The topological polar surface area (TPSA) is 65.0 Å². The lowest BCUT2D eigenvalue weighted by atomic mass is 9.77. The standard InChI is InChI=1S/C15H18O5/c1-8-7-15-10(9(2)12(16)18-15)6-11-13(3,17)4-5-14(8,11)19-20-15/h7,11,17H,4-6H2,1-3H3/t11-,13+,14+,15-/m0/s1. The van der Waals surface area contributed by atoms with E-state index in [1.54, 1.807) is 6.92 Å². The number of esters is 1. The highest BCUT2D eigenvalue weighted by molar-refractivity contribution is 5.92. The molecule has 0 aromatic heterocycles. The van der Waals surface area contributed by atoms with Crippen molar-refractivity contribution >= 4 is 5.97 Å². The quantitative estimate of drug-likeness (QED) is 0.415. The second kappa shape index (κ2) is 3.35. The van der Waals surface area contributed by atoms with Crippen LogP contribution in [0.1, 0.15) is 40.0 Å². The third-order valence-corrected chi connectivity index (χ3v) is 5.54. The maximum absolute atomic E-state index is 11.9. The maximum atomic E-state index is 11.9. The van der Waals surface area contributed by atoms with E-state index in [-0.39, 0.29) is 11.9 Å². The minimum absolute atomic E-state index is 0.130. The summed E-state index contributed by atoms with van der Waals surface area (Å²) < 4.78 is 5.41. The van der Waals surface area contributed by atoms with Crippen LogP contribution in [0.15, 0.2) is 22.8 Å². The number of aliphatic hydroxyl groups is 1. The maximum Gasteiger partial charge on any atom is 0.337 e. The molecule has 3 heterocycles. The highest BCUT2D eigenvalue weighted by Gasteiger charge is 2.66. The van der Waals surface area contributed by atoms with Crippen LogP contribution in [-0.4, -0.2) is 28.1 Å². The lowest BCUT2D eigenvalue weighted by molar-refractivity contribution is -0.433. The molecule has 1 saturated carbocycles. The average Bonchev–Trinajstić information content (AvgIpc) is 2.64. The van der Waals surface area contributed by atoms with E-state index < -0.39 is 17.0 Å². The molecule has 2 aliphatic carbocycles. The van der Waals surface area contributed by atoms with Crippen molar-refractivity contribution in [3.63, 3.8) is 0 Å². The highest BCUT2D eigenvalue weighted by atomic mass is 17.2. The van der Waals surface area contributed by atoms with Crippen LogP contribution in [-0.2, 0) is 19.3 Å². The minimum atomic E-state index is -1.21. The molecule has 5 rings (SSSR count). The van der Waals surface area contributed by atoms with Crippen LogP contribution in [0.2, 0.25) is 0 Å². The summed E-state index contributed by atoms with van der Waals surface area (Å²) in [6.07, 6.45) is 3.77. The van der Waals surface area contributed by atoms with Crippen molar-refractivity contribution in [1.82, 2.24) is 0 Å². The Kier molecular flexibility index (Phi) is 2.10. The van der Waals surface area contributed by atoms with Gasteiger partial charge in [0.1, 0.15) is 5.60 Å². The molecule has 5 aliphatic rings. The lowest BCUT2D eigenvalue weighted by Gasteiger charge is -2.39. The van der Waals surface area contributed by atoms with Crippen LogP contribution < -0.4 is 0 Å². The van der Waals surface area contributed by atoms with E-state index in [2.05, 4.69) is 0 Å². The van der Waals surface area contributed by atoms with Crippen molar-refractivity contribution in [2.45, 2.75) is 57.0 Å². The molecule has 1 N–H and O–H groups in total. The largest absolute Gasteiger partial charge is 0.419 e. The molecule has 1 saturated heterocycles. The van der Waals surface area contributed by atoms with Crippen LogP contribution in [0.25, 0.3) is 0 Å². The summed E-state index contributed by atoms with van der Waals surface area (Å²) in [5, 5.41) is 10.7. The molecule has 20 heavy (non-hydrogen) atoms. The summed E-state index contributed by atoms with van der Waals surface area (Å²) >= 11 is 0. The zero-order valence-corrected chi connectivity index (χ0v) is 11.9. The highest BCUT2D eigenvalue weighted by Crippen LogP contribution is 2.60. The van der Waals surface area contributed by atoms with Crippen molar-refractivity contribution in [1.29, 1.82) is 0 Å².